The molecule has 0 saturated carbocycles. The molecule has 2 N–H and O–H groups in total. The van der Waals surface area contributed by atoms with Crippen LogP contribution in [0.3, 0.4) is 0 Å². The summed E-state index contributed by atoms with van der Waals surface area (Å²) in [5.41, 5.74) is 0. The van der Waals surface area contributed by atoms with E-state index in [1.54, 1.807) is 0 Å². The van der Waals surface area contributed by atoms with E-state index in [1.807, 2.05) is 0 Å². The second-order valence-electron chi connectivity index (χ2n) is 4.02. The second-order valence-corrected chi connectivity index (χ2v) is 6.53. The Hall–Kier alpha value is 0.0600. The first-order valence-electron chi connectivity index (χ1n) is 6.11. The average Bonchev–Trinajstić information content (AvgIpc) is 2.33. The maximum atomic E-state index is 11.8. The molecule has 0 aliphatic carbocycles. The van der Waals surface area contributed by atoms with Crippen molar-refractivity contribution in [3.8, 4) is 0 Å². The molecule has 0 rings (SSSR count). The first-order chi connectivity index (χ1) is 8.90. The van der Waals surface area contributed by atoms with Crippen LogP contribution in [-0.4, -0.2) is 57.9 Å². The molecule has 114 valence electrons. The van der Waals surface area contributed by atoms with Crippen LogP contribution in [0.4, 0.5) is 4.79 Å². The van der Waals surface area contributed by atoms with Crippen LogP contribution in [0, 0.1) is 0 Å². The smallest absolute Gasteiger partial charge is 0.409 e. The van der Waals surface area contributed by atoms with Crippen molar-refractivity contribution < 1.29 is 19.7 Å². The number of hydrogen-bond acceptors (Lipinski definition) is 4. The molecule has 0 unspecified atom stereocenters. The predicted molar refractivity (Wildman–Crippen MR) is 75.9 cm³/mol. The Kier molecular flexibility index (Phi) is 10.8. The fourth-order valence-corrected chi connectivity index (χ4v) is 1.52. The topological polar surface area (TPSA) is 70.0 Å². The zero-order chi connectivity index (χ0) is 14.7. The molecular formula is C11H20Cl3NO4. The van der Waals surface area contributed by atoms with Gasteiger partial charge < -0.3 is 19.8 Å². The minimum atomic E-state index is -1.63. The van der Waals surface area contributed by atoms with Crippen molar-refractivity contribution in [2.24, 2.45) is 0 Å². The SMILES string of the molecule is O=C(OCC(Cl)(Cl)Cl)N(CCCCO)CCCCO. The number of alkyl halides is 3. The lowest BCUT2D eigenvalue weighted by Crippen LogP contribution is -2.35. The van der Waals surface area contributed by atoms with Crippen LogP contribution in [0.2, 0.25) is 0 Å². The molecule has 8 heteroatoms. The van der Waals surface area contributed by atoms with Crippen LogP contribution >= 0.6 is 34.8 Å². The quantitative estimate of drug-likeness (QED) is 0.501. The molecule has 0 aliphatic heterocycles. The fraction of sp³-hybridized carbons (Fsp3) is 0.909. The summed E-state index contributed by atoms with van der Waals surface area (Å²) in [5.74, 6) is 0. The number of aliphatic hydroxyl groups is 2. The minimum absolute atomic E-state index is 0.0771. The third-order valence-electron chi connectivity index (χ3n) is 2.29. The number of nitrogens with zero attached hydrogens (tertiary/aromatic N) is 1. The van der Waals surface area contributed by atoms with Crippen LogP contribution < -0.4 is 0 Å². The van der Waals surface area contributed by atoms with E-state index < -0.39 is 9.89 Å². The van der Waals surface area contributed by atoms with E-state index >= 15 is 0 Å². The van der Waals surface area contributed by atoms with Gasteiger partial charge in [-0.25, -0.2) is 4.79 Å². The standard InChI is InChI=1S/C11H20Cl3NO4/c12-11(13,14)9-19-10(18)15(5-1-3-7-16)6-2-4-8-17/h16-17H,1-9H2. The molecule has 0 aromatic rings. The summed E-state index contributed by atoms with van der Waals surface area (Å²) in [6.45, 7) is 0.768. The van der Waals surface area contributed by atoms with Gasteiger partial charge in [-0.05, 0) is 25.7 Å². The number of amides is 1. The van der Waals surface area contributed by atoms with E-state index in [0.29, 0.717) is 38.8 Å². The molecule has 5 nitrogen and oxygen atoms in total. The third kappa shape index (κ3) is 11.6. The van der Waals surface area contributed by atoms with Crippen molar-refractivity contribution in [1.29, 1.82) is 0 Å². The van der Waals surface area contributed by atoms with Gasteiger partial charge in [-0.2, -0.15) is 0 Å². The van der Waals surface area contributed by atoms with E-state index in [2.05, 4.69) is 0 Å². The summed E-state index contributed by atoms with van der Waals surface area (Å²) < 4.78 is 3.27. The van der Waals surface area contributed by atoms with Crippen molar-refractivity contribution >= 4 is 40.9 Å². The third-order valence-corrected chi connectivity index (χ3v) is 2.62. The molecule has 0 radical (unpaired) electrons. The maximum Gasteiger partial charge on any atom is 0.409 e. The molecule has 0 bridgehead atoms. The van der Waals surface area contributed by atoms with Crippen LogP contribution in [0.5, 0.6) is 0 Å². The van der Waals surface area contributed by atoms with E-state index in [9.17, 15) is 4.79 Å². The molecule has 0 aromatic heterocycles. The highest BCUT2D eigenvalue weighted by molar-refractivity contribution is 6.67. The van der Waals surface area contributed by atoms with Crippen molar-refractivity contribution in [2.45, 2.75) is 29.5 Å². The molecule has 1 amide bonds. The van der Waals surface area contributed by atoms with Gasteiger partial charge in [0.05, 0.1) is 0 Å². The number of unbranched alkanes of at least 4 members (excludes halogenated alkanes) is 2. The molecule has 0 spiro atoms. The van der Waals surface area contributed by atoms with Crippen LogP contribution in [0.15, 0.2) is 0 Å². The number of aliphatic hydroxyl groups excluding tert-OH is 2. The average molecular weight is 337 g/mol. The number of rotatable bonds is 9. The summed E-state index contributed by atoms with van der Waals surface area (Å²) in [6, 6.07) is 0. The number of ether oxygens (including phenoxy) is 1. The van der Waals surface area contributed by atoms with Crippen molar-refractivity contribution in [1.82, 2.24) is 4.90 Å². The summed E-state index contributed by atoms with van der Waals surface area (Å²) in [4.78, 5) is 13.3. The van der Waals surface area contributed by atoms with E-state index in [-0.39, 0.29) is 19.8 Å². The van der Waals surface area contributed by atoms with Crippen molar-refractivity contribution in [3.63, 3.8) is 0 Å². The Morgan fingerprint density at radius 2 is 1.47 bits per heavy atom. The van der Waals surface area contributed by atoms with Gasteiger partial charge in [0.1, 0.15) is 6.61 Å². The van der Waals surface area contributed by atoms with Gasteiger partial charge in [-0.3, -0.25) is 0 Å². The van der Waals surface area contributed by atoms with Gasteiger partial charge in [-0.1, -0.05) is 34.8 Å². The fourth-order valence-electron chi connectivity index (χ4n) is 1.36. The lowest BCUT2D eigenvalue weighted by molar-refractivity contribution is 0.101. The number of carbonyl (C=O) groups is 1. The Balaban J connectivity index is 4.15. The summed E-state index contributed by atoms with van der Waals surface area (Å²) in [6.07, 6.45) is 1.99. The zero-order valence-corrected chi connectivity index (χ0v) is 12.9. The van der Waals surface area contributed by atoms with Crippen LogP contribution in [0.1, 0.15) is 25.7 Å². The minimum Gasteiger partial charge on any atom is -0.445 e. The summed E-state index contributed by atoms with van der Waals surface area (Å²) in [5, 5.41) is 17.4. The molecule has 0 aliphatic rings. The Morgan fingerprint density at radius 3 is 1.84 bits per heavy atom. The van der Waals surface area contributed by atoms with Gasteiger partial charge >= 0.3 is 6.09 Å². The Morgan fingerprint density at radius 1 is 1.00 bits per heavy atom. The van der Waals surface area contributed by atoms with Crippen molar-refractivity contribution in [3.05, 3.63) is 0 Å². The molecule has 0 saturated heterocycles. The lowest BCUT2D eigenvalue weighted by Gasteiger charge is -2.23. The highest BCUT2D eigenvalue weighted by atomic mass is 35.6. The van der Waals surface area contributed by atoms with E-state index in [4.69, 9.17) is 49.8 Å². The van der Waals surface area contributed by atoms with Crippen LogP contribution in [0.25, 0.3) is 0 Å². The zero-order valence-electron chi connectivity index (χ0n) is 10.7. The number of halogens is 3. The molecule has 19 heavy (non-hydrogen) atoms. The summed E-state index contributed by atoms with van der Waals surface area (Å²) >= 11 is 16.5. The largest absolute Gasteiger partial charge is 0.445 e. The van der Waals surface area contributed by atoms with Crippen LogP contribution in [-0.2, 0) is 4.74 Å². The molecule has 0 fully saturated rings. The van der Waals surface area contributed by atoms with Gasteiger partial charge in [0.2, 0.25) is 3.79 Å². The highest BCUT2D eigenvalue weighted by Gasteiger charge is 2.24. The Bertz CT molecular complexity index is 239. The van der Waals surface area contributed by atoms with E-state index in [1.165, 1.54) is 4.90 Å². The lowest BCUT2D eigenvalue weighted by atomic mass is 10.2. The second kappa shape index (κ2) is 10.8. The highest BCUT2D eigenvalue weighted by Crippen LogP contribution is 2.26. The molecule has 0 heterocycles. The first kappa shape index (κ1) is 19.1. The normalized spacial score (nSPS) is 11.4. The predicted octanol–water partition coefficient (Wildman–Crippen LogP) is 2.34. The number of hydrogen-bond donors (Lipinski definition) is 2. The first-order valence-corrected chi connectivity index (χ1v) is 7.24. The summed E-state index contributed by atoms with van der Waals surface area (Å²) in [7, 11) is 0. The van der Waals surface area contributed by atoms with Gasteiger partial charge in [0.15, 0.2) is 0 Å². The Labute approximate surface area is 128 Å². The van der Waals surface area contributed by atoms with Gasteiger partial charge in [-0.15, -0.1) is 0 Å². The van der Waals surface area contributed by atoms with Gasteiger partial charge in [0.25, 0.3) is 0 Å². The maximum absolute atomic E-state index is 11.8. The van der Waals surface area contributed by atoms with E-state index in [0.717, 1.165) is 0 Å². The monoisotopic (exact) mass is 335 g/mol. The van der Waals surface area contributed by atoms with Gasteiger partial charge in [0, 0.05) is 26.3 Å². The molecule has 0 aromatic carbocycles. The molecule has 0 atom stereocenters. The van der Waals surface area contributed by atoms with Crippen molar-refractivity contribution in [2.75, 3.05) is 32.9 Å². The molecular weight excluding hydrogens is 316 g/mol. The number of carbonyl (C=O) groups excluding carboxylic acids is 1.